The summed E-state index contributed by atoms with van der Waals surface area (Å²) in [4.78, 5) is 21.8. The number of aromatic nitrogens is 4. The molecule has 0 spiro atoms. The Labute approximate surface area is 142 Å². The van der Waals surface area contributed by atoms with E-state index in [4.69, 9.17) is 4.74 Å². The van der Waals surface area contributed by atoms with Gasteiger partial charge in [-0.25, -0.2) is 4.98 Å². The normalized spacial score (nSPS) is 12.3. The van der Waals surface area contributed by atoms with Gasteiger partial charge in [0, 0.05) is 16.7 Å². The Balaban J connectivity index is 1.87. The molecular weight excluding hydrogens is 316 g/mol. The van der Waals surface area contributed by atoms with Crippen LogP contribution < -0.4 is 4.74 Å². The van der Waals surface area contributed by atoms with Crippen molar-refractivity contribution in [1.29, 1.82) is 0 Å². The van der Waals surface area contributed by atoms with Gasteiger partial charge in [-0.05, 0) is 24.3 Å². The summed E-state index contributed by atoms with van der Waals surface area (Å²) >= 11 is 0. The zero-order valence-corrected chi connectivity index (χ0v) is 13.3. The maximum absolute atomic E-state index is 13.0. The molecule has 0 aliphatic heterocycles. The summed E-state index contributed by atoms with van der Waals surface area (Å²) in [6, 6.07) is 15.0. The summed E-state index contributed by atoms with van der Waals surface area (Å²) in [6.45, 7) is 0. The van der Waals surface area contributed by atoms with Gasteiger partial charge in [0.2, 0.25) is 0 Å². The van der Waals surface area contributed by atoms with Crippen molar-refractivity contribution in [3.05, 3.63) is 66.0 Å². The van der Waals surface area contributed by atoms with E-state index in [1.807, 2.05) is 48.5 Å². The van der Waals surface area contributed by atoms with Gasteiger partial charge in [-0.1, -0.05) is 24.3 Å². The first-order chi connectivity index (χ1) is 12.3. The van der Waals surface area contributed by atoms with Gasteiger partial charge in [0.25, 0.3) is 5.78 Å². The predicted molar refractivity (Wildman–Crippen MR) is 91.6 cm³/mol. The molecule has 1 aliphatic rings. The molecule has 120 valence electrons. The molecule has 0 amide bonds. The quantitative estimate of drug-likeness (QED) is 0.498. The molecule has 0 radical (unpaired) electrons. The van der Waals surface area contributed by atoms with Crippen LogP contribution in [0.15, 0.2) is 54.9 Å². The lowest BCUT2D eigenvalue weighted by atomic mass is 10.0. The number of hydrogen-bond donors (Lipinski definition) is 0. The van der Waals surface area contributed by atoms with E-state index >= 15 is 0 Å². The number of ether oxygens (including phenoxy) is 1. The predicted octanol–water partition coefficient (Wildman–Crippen LogP) is 3.01. The van der Waals surface area contributed by atoms with Gasteiger partial charge in [-0.2, -0.15) is 14.6 Å². The molecule has 2 aromatic heterocycles. The number of fused-ring (bicyclic) bond motifs is 4. The highest BCUT2D eigenvalue weighted by atomic mass is 16.5. The summed E-state index contributed by atoms with van der Waals surface area (Å²) in [5, 5.41) is 4.27. The first-order valence-electron chi connectivity index (χ1n) is 7.80. The molecule has 6 nitrogen and oxygen atoms in total. The largest absolute Gasteiger partial charge is 0.497 e. The van der Waals surface area contributed by atoms with Crippen LogP contribution in [0.4, 0.5) is 0 Å². The number of benzene rings is 2. The number of nitrogens with zero attached hydrogens (tertiary/aromatic N) is 4. The Morgan fingerprint density at radius 1 is 1.00 bits per heavy atom. The Morgan fingerprint density at radius 3 is 2.52 bits per heavy atom. The maximum Gasteiger partial charge on any atom is 0.253 e. The third kappa shape index (κ3) is 1.85. The second-order valence-corrected chi connectivity index (χ2v) is 5.76. The number of carbonyl (C=O) groups is 1. The topological polar surface area (TPSA) is 69.4 Å². The molecule has 25 heavy (non-hydrogen) atoms. The molecule has 2 aromatic carbocycles. The van der Waals surface area contributed by atoms with Crippen LogP contribution in [0.1, 0.15) is 15.9 Å². The standard InChI is InChI=1S/C19H12N4O2/c1-25-12-8-6-11(7-9-12)17-15-16(22-19-20-10-21-23(17)19)13-4-2-3-5-14(13)18(15)24/h2-10H,1H3. The third-order valence-corrected chi connectivity index (χ3v) is 4.44. The number of rotatable bonds is 2. The number of methoxy groups -OCH3 is 1. The lowest BCUT2D eigenvalue weighted by Gasteiger charge is -2.10. The molecule has 0 N–H and O–H groups in total. The average molecular weight is 328 g/mol. The molecule has 4 aromatic rings. The van der Waals surface area contributed by atoms with Crippen molar-refractivity contribution in [2.24, 2.45) is 0 Å². The van der Waals surface area contributed by atoms with Crippen LogP contribution in [0.3, 0.4) is 0 Å². The highest BCUT2D eigenvalue weighted by Crippen LogP contribution is 2.40. The van der Waals surface area contributed by atoms with E-state index in [1.54, 1.807) is 11.6 Å². The van der Waals surface area contributed by atoms with Crippen LogP contribution in [0, 0.1) is 0 Å². The van der Waals surface area contributed by atoms with Crippen LogP contribution in [-0.4, -0.2) is 32.5 Å². The van der Waals surface area contributed by atoms with Crippen LogP contribution in [-0.2, 0) is 0 Å². The molecule has 0 bridgehead atoms. The summed E-state index contributed by atoms with van der Waals surface area (Å²) in [6.07, 6.45) is 1.45. The minimum Gasteiger partial charge on any atom is -0.497 e. The van der Waals surface area contributed by atoms with Gasteiger partial charge in [0.1, 0.15) is 12.1 Å². The Morgan fingerprint density at radius 2 is 1.76 bits per heavy atom. The average Bonchev–Trinajstić information content (AvgIpc) is 3.24. The highest BCUT2D eigenvalue weighted by molar-refractivity contribution is 6.23. The fourth-order valence-electron chi connectivity index (χ4n) is 3.29. The molecule has 2 heterocycles. The maximum atomic E-state index is 13.0. The van der Waals surface area contributed by atoms with Gasteiger partial charge >= 0.3 is 0 Å². The second kappa shape index (κ2) is 4.98. The van der Waals surface area contributed by atoms with Gasteiger partial charge in [0.05, 0.1) is 24.1 Å². The summed E-state index contributed by atoms with van der Waals surface area (Å²) in [5.41, 5.74) is 4.27. The van der Waals surface area contributed by atoms with Crippen molar-refractivity contribution in [1.82, 2.24) is 19.6 Å². The molecule has 0 fully saturated rings. The molecule has 0 saturated heterocycles. The molecule has 0 atom stereocenters. The summed E-state index contributed by atoms with van der Waals surface area (Å²) in [5.74, 6) is 1.18. The lowest BCUT2D eigenvalue weighted by Crippen LogP contribution is -2.06. The van der Waals surface area contributed by atoms with E-state index in [1.165, 1.54) is 6.33 Å². The summed E-state index contributed by atoms with van der Waals surface area (Å²) in [7, 11) is 1.62. The van der Waals surface area contributed by atoms with Crippen molar-refractivity contribution < 1.29 is 9.53 Å². The third-order valence-electron chi connectivity index (χ3n) is 4.44. The van der Waals surface area contributed by atoms with E-state index in [-0.39, 0.29) is 5.78 Å². The van der Waals surface area contributed by atoms with E-state index < -0.39 is 0 Å². The van der Waals surface area contributed by atoms with Gasteiger partial charge in [0.15, 0.2) is 5.78 Å². The van der Waals surface area contributed by atoms with Gasteiger partial charge in [-0.15, -0.1) is 0 Å². The fourth-order valence-corrected chi connectivity index (χ4v) is 3.29. The lowest BCUT2D eigenvalue weighted by molar-refractivity contribution is 0.104. The molecule has 5 rings (SSSR count). The van der Waals surface area contributed by atoms with Crippen LogP contribution >= 0.6 is 0 Å². The van der Waals surface area contributed by atoms with Crippen LogP contribution in [0.25, 0.3) is 28.3 Å². The number of carbonyl (C=O) groups excluding carboxylic acids is 1. The number of hydrogen-bond acceptors (Lipinski definition) is 5. The molecule has 6 heteroatoms. The Kier molecular flexibility index (Phi) is 2.76. The van der Waals surface area contributed by atoms with Crippen molar-refractivity contribution in [3.63, 3.8) is 0 Å². The zero-order chi connectivity index (χ0) is 17.0. The summed E-state index contributed by atoms with van der Waals surface area (Å²) < 4.78 is 6.84. The first-order valence-corrected chi connectivity index (χ1v) is 7.80. The van der Waals surface area contributed by atoms with Crippen LogP contribution in [0.5, 0.6) is 5.75 Å². The van der Waals surface area contributed by atoms with E-state index in [2.05, 4.69) is 15.1 Å². The molecule has 0 unspecified atom stereocenters. The SMILES string of the molecule is COc1ccc(-c2c3c(nc4ncnn24)-c2ccccc2C3=O)cc1. The second-order valence-electron chi connectivity index (χ2n) is 5.76. The van der Waals surface area contributed by atoms with Crippen molar-refractivity contribution >= 4 is 11.6 Å². The smallest absolute Gasteiger partial charge is 0.253 e. The zero-order valence-electron chi connectivity index (χ0n) is 13.3. The molecule has 0 saturated carbocycles. The van der Waals surface area contributed by atoms with E-state index in [0.717, 1.165) is 16.9 Å². The van der Waals surface area contributed by atoms with Gasteiger partial charge < -0.3 is 4.74 Å². The highest BCUT2D eigenvalue weighted by Gasteiger charge is 2.33. The minimum absolute atomic E-state index is 0.0404. The molecular formula is C19H12N4O2. The van der Waals surface area contributed by atoms with Crippen molar-refractivity contribution in [2.45, 2.75) is 0 Å². The first kappa shape index (κ1) is 13.9. The number of ketones is 1. The van der Waals surface area contributed by atoms with E-state index in [9.17, 15) is 4.79 Å². The van der Waals surface area contributed by atoms with Crippen LogP contribution in [0.2, 0.25) is 0 Å². The van der Waals surface area contributed by atoms with Crippen molar-refractivity contribution in [2.75, 3.05) is 7.11 Å². The Bertz CT molecular complexity index is 1150. The molecule has 1 aliphatic carbocycles. The van der Waals surface area contributed by atoms with Crippen molar-refractivity contribution in [3.8, 4) is 28.3 Å². The van der Waals surface area contributed by atoms with E-state index in [0.29, 0.717) is 28.3 Å². The van der Waals surface area contributed by atoms with Gasteiger partial charge in [-0.3, -0.25) is 4.79 Å². The monoisotopic (exact) mass is 328 g/mol. The fraction of sp³-hybridized carbons (Fsp3) is 0.0526. The minimum atomic E-state index is -0.0404. The Hall–Kier alpha value is -3.54.